The van der Waals surface area contributed by atoms with Crippen molar-refractivity contribution in [2.45, 2.75) is 33.0 Å². The zero-order valence-electron chi connectivity index (χ0n) is 16.1. The van der Waals surface area contributed by atoms with Crippen molar-refractivity contribution in [1.29, 1.82) is 0 Å². The van der Waals surface area contributed by atoms with Crippen LogP contribution in [0.1, 0.15) is 23.6 Å². The second kappa shape index (κ2) is 9.53. The van der Waals surface area contributed by atoms with Gasteiger partial charge in [0.2, 0.25) is 0 Å². The third-order valence-electron chi connectivity index (χ3n) is 4.70. The van der Waals surface area contributed by atoms with E-state index in [4.69, 9.17) is 9.47 Å². The predicted octanol–water partition coefficient (Wildman–Crippen LogP) is 2.91. The molecule has 2 aromatic carbocycles. The predicted molar refractivity (Wildman–Crippen MR) is 106 cm³/mol. The molecule has 27 heavy (non-hydrogen) atoms. The Kier molecular flexibility index (Phi) is 6.85. The molecule has 1 aliphatic heterocycles. The molecule has 3 rings (SSSR count). The first kappa shape index (κ1) is 19.4. The lowest BCUT2D eigenvalue weighted by Gasteiger charge is -2.26. The number of benzene rings is 2. The Hall–Kier alpha value is -2.37. The van der Waals surface area contributed by atoms with Gasteiger partial charge in [-0.15, -0.1) is 0 Å². The van der Waals surface area contributed by atoms with Crippen molar-refractivity contribution >= 4 is 5.91 Å². The Balaban J connectivity index is 1.44. The summed E-state index contributed by atoms with van der Waals surface area (Å²) in [5, 5.41) is 2.94. The maximum atomic E-state index is 12.3. The fourth-order valence-electron chi connectivity index (χ4n) is 2.99. The number of carbonyl (C=O) groups is 1. The molecule has 0 bridgehead atoms. The SMILES string of the molecule is Cc1ccc(OC(C)C(=O)NCc2ccc(CN3CCOCC3)cc2)cc1. The standard InChI is InChI=1S/C22H28N2O3/c1-17-3-9-21(10-4-17)27-18(2)22(25)23-15-19-5-7-20(8-6-19)16-24-11-13-26-14-12-24/h3-10,18H,11-16H2,1-2H3,(H,23,25). The van der Waals surface area contributed by atoms with E-state index in [0.29, 0.717) is 12.3 Å². The number of amides is 1. The fourth-order valence-corrected chi connectivity index (χ4v) is 2.99. The molecule has 2 aromatic rings. The molecule has 5 nitrogen and oxygen atoms in total. The number of morpholine rings is 1. The van der Waals surface area contributed by atoms with Gasteiger partial charge in [0.25, 0.3) is 5.91 Å². The lowest BCUT2D eigenvalue weighted by atomic mass is 10.1. The molecule has 1 atom stereocenters. The van der Waals surface area contributed by atoms with Crippen LogP contribution in [0.15, 0.2) is 48.5 Å². The van der Waals surface area contributed by atoms with Gasteiger partial charge in [-0.05, 0) is 37.1 Å². The molecule has 1 N–H and O–H groups in total. The summed E-state index contributed by atoms with van der Waals surface area (Å²) >= 11 is 0. The molecule has 0 aromatic heterocycles. The lowest BCUT2D eigenvalue weighted by molar-refractivity contribution is -0.127. The zero-order valence-corrected chi connectivity index (χ0v) is 16.1. The van der Waals surface area contributed by atoms with Crippen LogP contribution in [0.2, 0.25) is 0 Å². The minimum absolute atomic E-state index is 0.118. The normalized spacial score (nSPS) is 15.9. The Morgan fingerprint density at radius 2 is 1.70 bits per heavy atom. The summed E-state index contributed by atoms with van der Waals surface area (Å²) in [5.41, 5.74) is 3.52. The van der Waals surface area contributed by atoms with Gasteiger partial charge in [-0.25, -0.2) is 0 Å². The molecule has 0 aliphatic carbocycles. The highest BCUT2D eigenvalue weighted by Gasteiger charge is 2.14. The summed E-state index contributed by atoms with van der Waals surface area (Å²) in [6.07, 6.45) is -0.534. The van der Waals surface area contributed by atoms with Crippen molar-refractivity contribution in [3.05, 3.63) is 65.2 Å². The van der Waals surface area contributed by atoms with Gasteiger partial charge in [0.15, 0.2) is 6.10 Å². The van der Waals surface area contributed by atoms with Crippen LogP contribution in [0.5, 0.6) is 5.75 Å². The maximum absolute atomic E-state index is 12.3. The summed E-state index contributed by atoms with van der Waals surface area (Å²) in [5.74, 6) is 0.587. The van der Waals surface area contributed by atoms with Crippen LogP contribution in [0.25, 0.3) is 0 Å². The molecule has 1 fully saturated rings. The number of carbonyl (C=O) groups excluding carboxylic acids is 1. The minimum Gasteiger partial charge on any atom is -0.481 e. The molecule has 0 radical (unpaired) electrons. The van der Waals surface area contributed by atoms with Crippen molar-refractivity contribution in [3.8, 4) is 5.75 Å². The third kappa shape index (κ3) is 6.08. The summed E-state index contributed by atoms with van der Waals surface area (Å²) < 4.78 is 11.1. The molecule has 144 valence electrons. The Bertz CT molecular complexity index is 722. The number of ether oxygens (including phenoxy) is 2. The monoisotopic (exact) mass is 368 g/mol. The number of rotatable bonds is 7. The van der Waals surface area contributed by atoms with Crippen LogP contribution in [-0.2, 0) is 22.6 Å². The van der Waals surface area contributed by atoms with Crippen molar-refractivity contribution in [1.82, 2.24) is 10.2 Å². The Morgan fingerprint density at radius 1 is 1.07 bits per heavy atom. The second-order valence-electron chi connectivity index (χ2n) is 7.00. The van der Waals surface area contributed by atoms with Gasteiger partial charge < -0.3 is 14.8 Å². The minimum atomic E-state index is -0.534. The number of hydrogen-bond donors (Lipinski definition) is 1. The average Bonchev–Trinajstić information content (AvgIpc) is 2.69. The van der Waals surface area contributed by atoms with Crippen LogP contribution < -0.4 is 10.1 Å². The van der Waals surface area contributed by atoms with Crippen molar-refractivity contribution < 1.29 is 14.3 Å². The molecule has 1 aliphatic rings. The molecule has 0 spiro atoms. The van der Waals surface area contributed by atoms with Gasteiger partial charge in [0.05, 0.1) is 13.2 Å². The van der Waals surface area contributed by atoms with Crippen molar-refractivity contribution in [2.75, 3.05) is 26.3 Å². The van der Waals surface area contributed by atoms with E-state index in [-0.39, 0.29) is 5.91 Å². The second-order valence-corrected chi connectivity index (χ2v) is 7.00. The largest absolute Gasteiger partial charge is 0.481 e. The van der Waals surface area contributed by atoms with E-state index in [1.807, 2.05) is 31.2 Å². The van der Waals surface area contributed by atoms with Crippen LogP contribution in [-0.4, -0.2) is 43.2 Å². The lowest BCUT2D eigenvalue weighted by Crippen LogP contribution is -2.36. The summed E-state index contributed by atoms with van der Waals surface area (Å²) in [6, 6.07) is 16.1. The molecule has 1 heterocycles. The molecule has 1 saturated heterocycles. The van der Waals surface area contributed by atoms with Crippen molar-refractivity contribution in [3.63, 3.8) is 0 Å². The number of aryl methyl sites for hydroxylation is 1. The number of nitrogens with zero attached hydrogens (tertiary/aromatic N) is 1. The van der Waals surface area contributed by atoms with E-state index in [2.05, 4.69) is 34.5 Å². The highest BCUT2D eigenvalue weighted by molar-refractivity contribution is 5.80. The number of nitrogens with one attached hydrogen (secondary N) is 1. The van der Waals surface area contributed by atoms with Crippen LogP contribution in [0, 0.1) is 6.92 Å². The van der Waals surface area contributed by atoms with Crippen LogP contribution >= 0.6 is 0 Å². The van der Waals surface area contributed by atoms with Crippen LogP contribution in [0.4, 0.5) is 0 Å². The van der Waals surface area contributed by atoms with E-state index >= 15 is 0 Å². The van der Waals surface area contributed by atoms with Crippen molar-refractivity contribution in [2.24, 2.45) is 0 Å². The maximum Gasteiger partial charge on any atom is 0.261 e. The topological polar surface area (TPSA) is 50.8 Å². The summed E-state index contributed by atoms with van der Waals surface area (Å²) in [6.45, 7) is 8.82. The van der Waals surface area contributed by atoms with E-state index in [1.165, 1.54) is 5.56 Å². The molecule has 5 heteroatoms. The Morgan fingerprint density at radius 3 is 2.37 bits per heavy atom. The van der Waals surface area contributed by atoms with Gasteiger partial charge in [-0.3, -0.25) is 9.69 Å². The van der Waals surface area contributed by atoms with Crippen LogP contribution in [0.3, 0.4) is 0 Å². The summed E-state index contributed by atoms with van der Waals surface area (Å²) in [7, 11) is 0. The first-order valence-electron chi connectivity index (χ1n) is 9.49. The smallest absolute Gasteiger partial charge is 0.261 e. The first-order valence-corrected chi connectivity index (χ1v) is 9.49. The van der Waals surface area contributed by atoms with E-state index in [1.54, 1.807) is 6.92 Å². The van der Waals surface area contributed by atoms with Gasteiger partial charge >= 0.3 is 0 Å². The quantitative estimate of drug-likeness (QED) is 0.816. The van der Waals surface area contributed by atoms with E-state index in [9.17, 15) is 4.79 Å². The molecule has 0 saturated carbocycles. The number of hydrogen-bond acceptors (Lipinski definition) is 4. The van der Waals surface area contributed by atoms with Gasteiger partial charge in [0.1, 0.15) is 5.75 Å². The zero-order chi connectivity index (χ0) is 19.1. The highest BCUT2D eigenvalue weighted by atomic mass is 16.5. The average molecular weight is 368 g/mol. The summed E-state index contributed by atoms with van der Waals surface area (Å²) in [4.78, 5) is 14.7. The third-order valence-corrected chi connectivity index (χ3v) is 4.70. The highest BCUT2D eigenvalue weighted by Crippen LogP contribution is 2.14. The van der Waals surface area contributed by atoms with Gasteiger partial charge in [0, 0.05) is 26.2 Å². The van der Waals surface area contributed by atoms with E-state index in [0.717, 1.165) is 44.0 Å². The Labute approximate surface area is 161 Å². The molecular formula is C22H28N2O3. The molecule has 1 amide bonds. The molecule has 1 unspecified atom stereocenters. The fraction of sp³-hybridized carbons (Fsp3) is 0.409. The van der Waals surface area contributed by atoms with E-state index < -0.39 is 6.10 Å². The van der Waals surface area contributed by atoms with Gasteiger partial charge in [-0.2, -0.15) is 0 Å². The van der Waals surface area contributed by atoms with Gasteiger partial charge in [-0.1, -0.05) is 42.0 Å². The first-order chi connectivity index (χ1) is 13.1. The molecular weight excluding hydrogens is 340 g/mol.